The number of carbonyl (C=O) groups is 1. The predicted molar refractivity (Wildman–Crippen MR) is 107 cm³/mol. The number of amides is 2. The summed E-state index contributed by atoms with van der Waals surface area (Å²) in [6.45, 7) is 7.22. The van der Waals surface area contributed by atoms with E-state index in [-0.39, 0.29) is 12.3 Å². The van der Waals surface area contributed by atoms with Gasteiger partial charge in [-0.3, -0.25) is 0 Å². The van der Waals surface area contributed by atoms with E-state index in [1.807, 2.05) is 43.3 Å². The van der Waals surface area contributed by atoms with Crippen LogP contribution in [0.3, 0.4) is 0 Å². The molecule has 5 nitrogen and oxygen atoms in total. The molecule has 1 aliphatic carbocycles. The van der Waals surface area contributed by atoms with Gasteiger partial charge in [-0.05, 0) is 60.6 Å². The monoisotopic (exact) mass is 368 g/mol. The average Bonchev–Trinajstić information content (AvgIpc) is 2.93. The number of fused-ring (bicyclic) bond motifs is 1. The first-order chi connectivity index (χ1) is 13.0. The van der Waals surface area contributed by atoms with E-state index in [2.05, 4.69) is 36.6 Å². The minimum Gasteiger partial charge on any atom is -0.465 e. The van der Waals surface area contributed by atoms with Crippen LogP contribution in [0.1, 0.15) is 37.8 Å². The second-order valence-electron chi connectivity index (χ2n) is 7.13. The Labute approximate surface area is 161 Å². The van der Waals surface area contributed by atoms with E-state index in [0.717, 1.165) is 17.9 Å². The van der Waals surface area contributed by atoms with Gasteiger partial charge < -0.3 is 20.1 Å². The fourth-order valence-corrected chi connectivity index (χ4v) is 3.42. The molecule has 2 aromatic carbocycles. The molecule has 0 saturated heterocycles. The number of para-hydroxylation sites is 1. The quantitative estimate of drug-likeness (QED) is 0.557. The number of benzene rings is 2. The molecule has 0 spiro atoms. The zero-order chi connectivity index (χ0) is 19.2. The molecule has 1 aliphatic rings. The number of anilines is 1. The smallest absolute Gasteiger partial charge is 0.319 e. The van der Waals surface area contributed by atoms with Gasteiger partial charge in [0.25, 0.3) is 0 Å². The van der Waals surface area contributed by atoms with Crippen molar-refractivity contribution in [1.29, 1.82) is 0 Å². The third-order valence-electron chi connectivity index (χ3n) is 5.07. The fourth-order valence-electron chi connectivity index (χ4n) is 3.42. The summed E-state index contributed by atoms with van der Waals surface area (Å²) in [5.41, 5.74) is 3.56. The first-order valence-corrected chi connectivity index (χ1v) is 9.54. The van der Waals surface area contributed by atoms with E-state index < -0.39 is 0 Å². The third-order valence-corrected chi connectivity index (χ3v) is 5.07. The Hall–Kier alpha value is -2.53. The summed E-state index contributed by atoms with van der Waals surface area (Å²) < 4.78 is 11.5. The van der Waals surface area contributed by atoms with Crippen molar-refractivity contribution in [2.45, 2.75) is 39.4 Å². The highest BCUT2D eigenvalue weighted by atomic mass is 16.7. The molecule has 2 amide bonds. The molecule has 0 heterocycles. The van der Waals surface area contributed by atoms with Gasteiger partial charge in [-0.1, -0.05) is 38.1 Å². The van der Waals surface area contributed by atoms with Crippen LogP contribution in [0, 0.1) is 5.92 Å². The first kappa shape index (κ1) is 19.2. The molecular formula is C22H28N2O3. The average molecular weight is 368 g/mol. The van der Waals surface area contributed by atoms with E-state index in [1.54, 1.807) is 0 Å². The Kier molecular flexibility index (Phi) is 6.35. The third kappa shape index (κ3) is 5.23. The number of nitrogens with one attached hydrogen (secondary N) is 2. The van der Waals surface area contributed by atoms with Crippen molar-refractivity contribution in [3.8, 4) is 5.75 Å². The van der Waals surface area contributed by atoms with Crippen molar-refractivity contribution in [3.05, 3.63) is 59.7 Å². The molecule has 5 heteroatoms. The molecule has 3 rings (SSSR count). The van der Waals surface area contributed by atoms with Crippen molar-refractivity contribution in [3.63, 3.8) is 0 Å². The summed E-state index contributed by atoms with van der Waals surface area (Å²) in [4.78, 5) is 11.8. The van der Waals surface area contributed by atoms with Gasteiger partial charge in [-0.15, -0.1) is 0 Å². The summed E-state index contributed by atoms with van der Waals surface area (Å²) in [5.74, 6) is 2.12. The summed E-state index contributed by atoms with van der Waals surface area (Å²) in [6, 6.07) is 15.4. The molecule has 3 unspecified atom stereocenters. The Bertz CT molecular complexity index is 763. The van der Waals surface area contributed by atoms with Gasteiger partial charge in [-0.2, -0.15) is 0 Å². The molecule has 0 aliphatic heterocycles. The van der Waals surface area contributed by atoms with Crippen LogP contribution in [-0.2, 0) is 11.2 Å². The summed E-state index contributed by atoms with van der Waals surface area (Å²) >= 11 is 0. The van der Waals surface area contributed by atoms with Crippen LogP contribution in [0.4, 0.5) is 10.5 Å². The highest BCUT2D eigenvalue weighted by Crippen LogP contribution is 2.38. The van der Waals surface area contributed by atoms with Crippen LogP contribution in [0.25, 0.3) is 0 Å². The highest BCUT2D eigenvalue weighted by molar-refractivity contribution is 5.89. The van der Waals surface area contributed by atoms with Gasteiger partial charge in [-0.25, -0.2) is 4.79 Å². The SMILES string of the molecule is CC(OCCNC(=O)Nc1ccccc1)Oc1ccc2c(c1)CC(C)C2C. The molecule has 0 saturated carbocycles. The number of urea groups is 1. The van der Waals surface area contributed by atoms with E-state index in [1.165, 1.54) is 11.1 Å². The maximum absolute atomic E-state index is 11.8. The first-order valence-electron chi connectivity index (χ1n) is 9.54. The number of rotatable bonds is 7. The normalized spacial score (nSPS) is 19.2. The van der Waals surface area contributed by atoms with Gasteiger partial charge >= 0.3 is 6.03 Å². The van der Waals surface area contributed by atoms with Gasteiger partial charge in [0.1, 0.15) is 5.75 Å². The molecule has 3 atom stereocenters. The Morgan fingerprint density at radius 3 is 2.74 bits per heavy atom. The summed E-state index contributed by atoms with van der Waals surface area (Å²) in [5, 5.41) is 5.53. The van der Waals surface area contributed by atoms with E-state index in [9.17, 15) is 4.79 Å². The van der Waals surface area contributed by atoms with Crippen molar-refractivity contribution in [1.82, 2.24) is 5.32 Å². The molecule has 2 aromatic rings. The summed E-state index contributed by atoms with van der Waals surface area (Å²) in [7, 11) is 0. The molecule has 0 bridgehead atoms. The lowest BCUT2D eigenvalue weighted by Crippen LogP contribution is -2.32. The maximum Gasteiger partial charge on any atom is 0.319 e. The van der Waals surface area contributed by atoms with Crippen LogP contribution in [0.2, 0.25) is 0 Å². The second-order valence-corrected chi connectivity index (χ2v) is 7.13. The van der Waals surface area contributed by atoms with Crippen LogP contribution < -0.4 is 15.4 Å². The van der Waals surface area contributed by atoms with Crippen LogP contribution >= 0.6 is 0 Å². The predicted octanol–water partition coefficient (Wildman–Crippen LogP) is 4.55. The van der Waals surface area contributed by atoms with Gasteiger partial charge in [0, 0.05) is 12.2 Å². The Morgan fingerprint density at radius 2 is 1.96 bits per heavy atom. The molecule has 27 heavy (non-hydrogen) atoms. The maximum atomic E-state index is 11.8. The Balaban J connectivity index is 1.37. The standard InChI is InChI=1S/C22H28N2O3/c1-15-13-18-14-20(9-10-21(18)16(15)2)27-17(3)26-12-11-23-22(25)24-19-7-5-4-6-8-19/h4-10,14-17H,11-13H2,1-3H3,(H2,23,24,25). The molecule has 0 fully saturated rings. The second kappa shape index (κ2) is 8.91. The number of carbonyl (C=O) groups excluding carboxylic acids is 1. The molecule has 144 valence electrons. The van der Waals surface area contributed by atoms with E-state index in [0.29, 0.717) is 25.0 Å². The lowest BCUT2D eigenvalue weighted by atomic mass is 9.97. The van der Waals surface area contributed by atoms with Crippen LogP contribution in [0.15, 0.2) is 48.5 Å². The van der Waals surface area contributed by atoms with Gasteiger partial charge in [0.2, 0.25) is 0 Å². The van der Waals surface area contributed by atoms with Crippen LogP contribution in [0.5, 0.6) is 5.75 Å². The number of hydrogen-bond acceptors (Lipinski definition) is 3. The van der Waals surface area contributed by atoms with E-state index in [4.69, 9.17) is 9.47 Å². The number of hydrogen-bond donors (Lipinski definition) is 2. The minimum atomic E-state index is -0.377. The molecular weight excluding hydrogens is 340 g/mol. The van der Waals surface area contributed by atoms with Crippen LogP contribution in [-0.4, -0.2) is 25.5 Å². The molecule has 0 radical (unpaired) electrons. The van der Waals surface area contributed by atoms with Crippen molar-refractivity contribution < 1.29 is 14.3 Å². The molecule has 0 aromatic heterocycles. The fraction of sp³-hybridized carbons (Fsp3) is 0.409. The highest BCUT2D eigenvalue weighted by Gasteiger charge is 2.25. The topological polar surface area (TPSA) is 59.6 Å². The van der Waals surface area contributed by atoms with E-state index >= 15 is 0 Å². The zero-order valence-electron chi connectivity index (χ0n) is 16.2. The lowest BCUT2D eigenvalue weighted by Gasteiger charge is -2.17. The van der Waals surface area contributed by atoms with Crippen molar-refractivity contribution in [2.24, 2.45) is 5.92 Å². The summed E-state index contributed by atoms with van der Waals surface area (Å²) in [6.07, 6.45) is 0.724. The van der Waals surface area contributed by atoms with Crippen molar-refractivity contribution in [2.75, 3.05) is 18.5 Å². The lowest BCUT2D eigenvalue weighted by molar-refractivity contribution is -0.0645. The Morgan fingerprint density at radius 1 is 1.19 bits per heavy atom. The number of ether oxygens (including phenoxy) is 2. The largest absolute Gasteiger partial charge is 0.465 e. The van der Waals surface area contributed by atoms with Crippen molar-refractivity contribution >= 4 is 11.7 Å². The van der Waals surface area contributed by atoms with Gasteiger partial charge in [0.05, 0.1) is 6.61 Å². The van der Waals surface area contributed by atoms with Gasteiger partial charge in [0.15, 0.2) is 6.29 Å². The zero-order valence-corrected chi connectivity index (χ0v) is 16.2. The minimum absolute atomic E-state index is 0.250. The molecule has 2 N–H and O–H groups in total.